The summed E-state index contributed by atoms with van der Waals surface area (Å²) in [6.07, 6.45) is 9.06. The van der Waals surface area contributed by atoms with Gasteiger partial charge in [0.25, 0.3) is 0 Å². The zero-order chi connectivity index (χ0) is 14.5. The molecule has 0 aromatic carbocycles. The van der Waals surface area contributed by atoms with Gasteiger partial charge < -0.3 is 15.4 Å². The number of pyridine rings is 1. The molecule has 1 aliphatic rings. The number of hydrogen-bond donors (Lipinski definition) is 1. The molecule has 0 saturated carbocycles. The Kier molecular flexibility index (Phi) is 4.25. The van der Waals surface area contributed by atoms with Gasteiger partial charge in [-0.1, -0.05) is 0 Å². The van der Waals surface area contributed by atoms with E-state index in [0.29, 0.717) is 5.82 Å². The van der Waals surface area contributed by atoms with Gasteiger partial charge in [0.15, 0.2) is 0 Å². The quantitative estimate of drug-likeness (QED) is 0.912. The van der Waals surface area contributed by atoms with Crippen molar-refractivity contribution in [2.24, 2.45) is 0 Å². The Bertz CT molecular complexity index is 577. The highest BCUT2D eigenvalue weighted by atomic mass is 16.5. The van der Waals surface area contributed by atoms with Gasteiger partial charge in [-0.3, -0.25) is 4.98 Å². The van der Waals surface area contributed by atoms with Crippen LogP contribution in [-0.4, -0.2) is 40.8 Å². The number of rotatable bonds is 4. The average Bonchev–Trinajstić information content (AvgIpc) is 2.54. The molecule has 1 aliphatic heterocycles. The lowest BCUT2D eigenvalue weighted by atomic mass is 10.1. The number of morpholine rings is 1. The number of hydrogen-bond acceptors (Lipinski definition) is 6. The van der Waals surface area contributed by atoms with Crippen molar-refractivity contribution in [3.05, 3.63) is 42.5 Å². The molecular formula is C15H19N5O. The van der Waals surface area contributed by atoms with Crippen LogP contribution in [0.25, 0.3) is 0 Å². The van der Waals surface area contributed by atoms with Gasteiger partial charge in [-0.2, -0.15) is 0 Å². The van der Waals surface area contributed by atoms with E-state index in [1.807, 2.05) is 12.1 Å². The van der Waals surface area contributed by atoms with E-state index in [-0.39, 0.29) is 6.10 Å². The summed E-state index contributed by atoms with van der Waals surface area (Å²) in [7, 11) is 0. The molecule has 1 atom stereocenters. The van der Waals surface area contributed by atoms with Crippen LogP contribution in [0, 0.1) is 0 Å². The van der Waals surface area contributed by atoms with E-state index < -0.39 is 0 Å². The first-order valence-corrected chi connectivity index (χ1v) is 7.14. The Morgan fingerprint density at radius 1 is 1.29 bits per heavy atom. The third-order valence-electron chi connectivity index (χ3n) is 3.61. The molecule has 6 heteroatoms. The van der Waals surface area contributed by atoms with Crippen molar-refractivity contribution >= 4 is 11.6 Å². The predicted molar refractivity (Wildman–Crippen MR) is 81.0 cm³/mol. The van der Waals surface area contributed by atoms with Crippen molar-refractivity contribution in [3.63, 3.8) is 0 Å². The maximum absolute atomic E-state index is 5.84. The standard InChI is InChI=1S/C15H19N5O/c16-14-9-12(3-4-18-14)1-2-13-11-20(7-8-21-13)15-10-17-5-6-19-15/h3-6,9-10,13H,1-2,7-8,11H2,(H2,16,18)/t13-/m0/s1. The summed E-state index contributed by atoms with van der Waals surface area (Å²) in [6.45, 7) is 2.43. The van der Waals surface area contributed by atoms with Gasteiger partial charge in [-0.25, -0.2) is 9.97 Å². The van der Waals surface area contributed by atoms with Crippen LogP contribution in [0.5, 0.6) is 0 Å². The van der Waals surface area contributed by atoms with Crippen LogP contribution >= 0.6 is 0 Å². The van der Waals surface area contributed by atoms with Crippen molar-refractivity contribution in [2.75, 3.05) is 30.3 Å². The second-order valence-corrected chi connectivity index (χ2v) is 5.13. The van der Waals surface area contributed by atoms with Gasteiger partial charge in [0.05, 0.1) is 18.9 Å². The minimum absolute atomic E-state index is 0.204. The highest BCUT2D eigenvalue weighted by molar-refractivity contribution is 5.36. The zero-order valence-corrected chi connectivity index (χ0v) is 11.9. The monoisotopic (exact) mass is 285 g/mol. The Hall–Kier alpha value is -2.21. The normalized spacial score (nSPS) is 18.7. The molecule has 6 nitrogen and oxygen atoms in total. The second-order valence-electron chi connectivity index (χ2n) is 5.13. The molecule has 0 radical (unpaired) electrons. The third-order valence-corrected chi connectivity index (χ3v) is 3.61. The third kappa shape index (κ3) is 3.66. The van der Waals surface area contributed by atoms with Gasteiger partial charge in [0.1, 0.15) is 11.6 Å². The van der Waals surface area contributed by atoms with Crippen LogP contribution in [0.1, 0.15) is 12.0 Å². The van der Waals surface area contributed by atoms with Gasteiger partial charge in [0.2, 0.25) is 0 Å². The minimum Gasteiger partial charge on any atom is -0.384 e. The molecule has 110 valence electrons. The molecule has 0 amide bonds. The summed E-state index contributed by atoms with van der Waals surface area (Å²) in [6, 6.07) is 3.92. The summed E-state index contributed by atoms with van der Waals surface area (Å²) in [5.74, 6) is 1.48. The molecule has 2 aromatic heterocycles. The molecule has 1 saturated heterocycles. The van der Waals surface area contributed by atoms with Crippen LogP contribution in [0.4, 0.5) is 11.6 Å². The minimum atomic E-state index is 0.204. The predicted octanol–water partition coefficient (Wildman–Crippen LogP) is 1.29. The molecule has 0 bridgehead atoms. The second kappa shape index (κ2) is 6.49. The lowest BCUT2D eigenvalue weighted by Crippen LogP contribution is -2.43. The average molecular weight is 285 g/mol. The molecule has 3 heterocycles. The van der Waals surface area contributed by atoms with Crippen molar-refractivity contribution in [2.45, 2.75) is 18.9 Å². The number of nitrogens with zero attached hydrogens (tertiary/aromatic N) is 4. The number of nitrogens with two attached hydrogens (primary N) is 1. The summed E-state index contributed by atoms with van der Waals surface area (Å²) < 4.78 is 5.84. The molecular weight excluding hydrogens is 266 g/mol. The highest BCUT2D eigenvalue weighted by Gasteiger charge is 2.21. The number of ether oxygens (including phenoxy) is 1. The molecule has 2 aromatic rings. The molecule has 0 unspecified atom stereocenters. The first-order chi connectivity index (χ1) is 10.3. The van der Waals surface area contributed by atoms with Crippen LogP contribution < -0.4 is 10.6 Å². The van der Waals surface area contributed by atoms with Crippen molar-refractivity contribution in [1.29, 1.82) is 0 Å². The topological polar surface area (TPSA) is 77.2 Å². The number of anilines is 2. The lowest BCUT2D eigenvalue weighted by Gasteiger charge is -2.33. The SMILES string of the molecule is Nc1cc(CC[C@H]2CN(c3cnccn3)CCO2)ccn1. The highest BCUT2D eigenvalue weighted by Crippen LogP contribution is 2.17. The number of aryl methyl sites for hydroxylation is 1. The largest absolute Gasteiger partial charge is 0.384 e. The first kappa shape index (κ1) is 13.8. The maximum atomic E-state index is 5.84. The van der Waals surface area contributed by atoms with Gasteiger partial charge in [0, 0.05) is 31.7 Å². The van der Waals surface area contributed by atoms with Crippen molar-refractivity contribution < 1.29 is 4.74 Å². The Labute approximate surface area is 124 Å². The summed E-state index contributed by atoms with van der Waals surface area (Å²) in [5, 5.41) is 0. The fourth-order valence-electron chi connectivity index (χ4n) is 2.53. The van der Waals surface area contributed by atoms with E-state index in [1.54, 1.807) is 24.8 Å². The fourth-order valence-corrected chi connectivity index (χ4v) is 2.53. The van der Waals surface area contributed by atoms with Crippen LogP contribution in [0.15, 0.2) is 36.9 Å². The molecule has 1 fully saturated rings. The van der Waals surface area contributed by atoms with E-state index in [0.717, 1.165) is 38.4 Å². The number of nitrogen functional groups attached to an aromatic ring is 1. The summed E-state index contributed by atoms with van der Waals surface area (Å²) in [5.41, 5.74) is 6.90. The van der Waals surface area contributed by atoms with Crippen LogP contribution in [-0.2, 0) is 11.2 Å². The molecule has 2 N–H and O–H groups in total. The Balaban J connectivity index is 1.57. The molecule has 3 rings (SSSR count). The van der Waals surface area contributed by atoms with E-state index in [1.165, 1.54) is 5.56 Å². The molecule has 0 spiro atoms. The maximum Gasteiger partial charge on any atom is 0.147 e. The molecule has 21 heavy (non-hydrogen) atoms. The van der Waals surface area contributed by atoms with E-state index in [4.69, 9.17) is 10.5 Å². The smallest absolute Gasteiger partial charge is 0.147 e. The summed E-state index contributed by atoms with van der Waals surface area (Å²) in [4.78, 5) is 14.7. The Morgan fingerprint density at radius 3 is 3.05 bits per heavy atom. The van der Waals surface area contributed by atoms with Crippen LogP contribution in [0.2, 0.25) is 0 Å². The fraction of sp³-hybridized carbons (Fsp3) is 0.400. The lowest BCUT2D eigenvalue weighted by molar-refractivity contribution is 0.0352. The van der Waals surface area contributed by atoms with Crippen molar-refractivity contribution in [3.8, 4) is 0 Å². The van der Waals surface area contributed by atoms with E-state index in [9.17, 15) is 0 Å². The Morgan fingerprint density at radius 2 is 2.24 bits per heavy atom. The van der Waals surface area contributed by atoms with Crippen molar-refractivity contribution in [1.82, 2.24) is 15.0 Å². The van der Waals surface area contributed by atoms with E-state index >= 15 is 0 Å². The van der Waals surface area contributed by atoms with Gasteiger partial charge in [-0.05, 0) is 30.5 Å². The molecule has 0 aliphatic carbocycles. The van der Waals surface area contributed by atoms with Gasteiger partial charge in [-0.15, -0.1) is 0 Å². The first-order valence-electron chi connectivity index (χ1n) is 7.14. The zero-order valence-electron chi connectivity index (χ0n) is 11.9. The number of aromatic nitrogens is 3. The summed E-state index contributed by atoms with van der Waals surface area (Å²) >= 11 is 0. The van der Waals surface area contributed by atoms with E-state index in [2.05, 4.69) is 19.9 Å². The van der Waals surface area contributed by atoms with Gasteiger partial charge >= 0.3 is 0 Å². The van der Waals surface area contributed by atoms with Crippen LogP contribution in [0.3, 0.4) is 0 Å².